The molecule has 2 heterocycles. The Hall–Kier alpha value is -1.85. The van der Waals surface area contributed by atoms with Crippen LogP contribution in [0.1, 0.15) is 32.1 Å². The maximum atomic E-state index is 12.9. The third-order valence-corrected chi connectivity index (χ3v) is 5.04. The topological polar surface area (TPSA) is 54.5 Å². The maximum Gasteiger partial charge on any atom is 0.322 e. The van der Waals surface area contributed by atoms with Crippen LogP contribution in [-0.2, 0) is 4.74 Å². The Morgan fingerprint density at radius 1 is 1.40 bits per heavy atom. The standard InChI is InChI=1S/C19H24ClN3O2/c1-25-13-5-7-14-6-2-3-12-23(14)19(24)22-17-10-9-16(20)18-15(17)8-4-11-21-18/h4,8-11,14H,2-3,5-7,12-13H2,1H3,(H,22,24)/t14-/m0/s1. The smallest absolute Gasteiger partial charge is 0.322 e. The lowest BCUT2D eigenvalue weighted by atomic mass is 9.98. The summed E-state index contributed by atoms with van der Waals surface area (Å²) in [6.07, 6.45) is 6.94. The number of ether oxygens (including phenoxy) is 1. The van der Waals surface area contributed by atoms with E-state index in [1.165, 1.54) is 6.42 Å². The van der Waals surface area contributed by atoms with Crippen LogP contribution >= 0.6 is 11.6 Å². The molecule has 25 heavy (non-hydrogen) atoms. The van der Waals surface area contributed by atoms with Gasteiger partial charge in [0.25, 0.3) is 0 Å². The third kappa shape index (κ3) is 4.22. The zero-order chi connectivity index (χ0) is 17.6. The molecule has 0 radical (unpaired) electrons. The molecular weight excluding hydrogens is 338 g/mol. The van der Waals surface area contributed by atoms with Gasteiger partial charge in [0.15, 0.2) is 0 Å². The summed E-state index contributed by atoms with van der Waals surface area (Å²) in [5.41, 5.74) is 1.45. The Bertz CT molecular complexity index is 738. The van der Waals surface area contributed by atoms with Gasteiger partial charge in [-0.25, -0.2) is 4.79 Å². The number of hydrogen-bond acceptors (Lipinski definition) is 3. The molecule has 2 aromatic rings. The minimum absolute atomic E-state index is 0.0467. The molecule has 1 aromatic heterocycles. The van der Waals surface area contributed by atoms with Gasteiger partial charge in [0.2, 0.25) is 0 Å². The number of benzene rings is 1. The molecular formula is C19H24ClN3O2. The number of amides is 2. The molecule has 3 rings (SSSR count). The molecule has 1 aromatic carbocycles. The van der Waals surface area contributed by atoms with Crippen LogP contribution in [0.4, 0.5) is 10.5 Å². The third-order valence-electron chi connectivity index (χ3n) is 4.74. The highest BCUT2D eigenvalue weighted by atomic mass is 35.5. The van der Waals surface area contributed by atoms with Crippen molar-refractivity contribution in [3.63, 3.8) is 0 Å². The number of urea groups is 1. The largest absolute Gasteiger partial charge is 0.385 e. The van der Waals surface area contributed by atoms with E-state index in [2.05, 4.69) is 10.3 Å². The number of carbonyl (C=O) groups excluding carboxylic acids is 1. The Morgan fingerprint density at radius 2 is 2.28 bits per heavy atom. The number of aromatic nitrogens is 1. The van der Waals surface area contributed by atoms with Crippen LogP contribution in [0.2, 0.25) is 5.02 Å². The van der Waals surface area contributed by atoms with Crippen LogP contribution in [-0.4, -0.2) is 42.2 Å². The molecule has 1 saturated heterocycles. The molecule has 134 valence electrons. The number of anilines is 1. The first-order valence-electron chi connectivity index (χ1n) is 8.80. The van der Waals surface area contributed by atoms with Crippen molar-refractivity contribution in [3.05, 3.63) is 35.5 Å². The molecule has 0 bridgehead atoms. The van der Waals surface area contributed by atoms with Gasteiger partial charge in [-0.2, -0.15) is 0 Å². The lowest BCUT2D eigenvalue weighted by molar-refractivity contribution is 0.141. The van der Waals surface area contributed by atoms with Crippen molar-refractivity contribution in [2.24, 2.45) is 0 Å². The van der Waals surface area contributed by atoms with Crippen LogP contribution in [0.15, 0.2) is 30.5 Å². The molecule has 1 atom stereocenters. The van der Waals surface area contributed by atoms with Gasteiger partial charge < -0.3 is 15.0 Å². The maximum absolute atomic E-state index is 12.9. The SMILES string of the molecule is COCCC[C@@H]1CCCCN1C(=O)Nc1ccc(Cl)c2ncccc12. The quantitative estimate of drug-likeness (QED) is 0.785. The van der Waals surface area contributed by atoms with Crippen LogP contribution in [0, 0.1) is 0 Å². The summed E-state index contributed by atoms with van der Waals surface area (Å²) in [4.78, 5) is 19.2. The molecule has 6 heteroatoms. The van der Waals surface area contributed by atoms with E-state index >= 15 is 0 Å². The second kappa shape index (κ2) is 8.50. The summed E-state index contributed by atoms with van der Waals surface area (Å²) < 4.78 is 5.15. The van der Waals surface area contributed by atoms with E-state index in [0.717, 1.165) is 49.9 Å². The average Bonchev–Trinajstić information content (AvgIpc) is 2.65. The van der Waals surface area contributed by atoms with Crippen LogP contribution in [0.5, 0.6) is 0 Å². The van der Waals surface area contributed by atoms with Gasteiger partial charge in [0.1, 0.15) is 0 Å². The van der Waals surface area contributed by atoms with Crippen molar-refractivity contribution >= 4 is 34.2 Å². The van der Waals surface area contributed by atoms with Gasteiger partial charge in [0, 0.05) is 37.9 Å². The fraction of sp³-hybridized carbons (Fsp3) is 0.474. The van der Waals surface area contributed by atoms with Crippen molar-refractivity contribution in [3.8, 4) is 0 Å². The molecule has 1 N–H and O–H groups in total. The van der Waals surface area contributed by atoms with Gasteiger partial charge in [0.05, 0.1) is 16.2 Å². The summed E-state index contributed by atoms with van der Waals surface area (Å²) in [5, 5.41) is 4.50. The number of nitrogens with one attached hydrogen (secondary N) is 1. The predicted octanol–water partition coefficient (Wildman–Crippen LogP) is 4.70. The van der Waals surface area contributed by atoms with Crippen LogP contribution in [0.3, 0.4) is 0 Å². The first kappa shape index (κ1) is 18.0. The van der Waals surface area contributed by atoms with Gasteiger partial charge >= 0.3 is 6.03 Å². The first-order valence-corrected chi connectivity index (χ1v) is 9.18. The fourth-order valence-corrected chi connectivity index (χ4v) is 3.68. The van der Waals surface area contributed by atoms with Crippen LogP contribution < -0.4 is 5.32 Å². The number of piperidine rings is 1. The number of pyridine rings is 1. The zero-order valence-corrected chi connectivity index (χ0v) is 15.3. The molecule has 5 nitrogen and oxygen atoms in total. The Kier molecular flexibility index (Phi) is 6.10. The number of rotatable bonds is 5. The summed E-state index contributed by atoms with van der Waals surface area (Å²) in [7, 11) is 1.71. The van der Waals surface area contributed by atoms with E-state index in [-0.39, 0.29) is 12.1 Å². The van der Waals surface area contributed by atoms with E-state index in [0.29, 0.717) is 10.5 Å². The Labute approximate surface area is 153 Å². The highest BCUT2D eigenvalue weighted by Crippen LogP contribution is 2.29. The Morgan fingerprint density at radius 3 is 3.12 bits per heavy atom. The van der Waals surface area contributed by atoms with Crippen molar-refractivity contribution in [1.29, 1.82) is 0 Å². The second-order valence-electron chi connectivity index (χ2n) is 6.40. The lowest BCUT2D eigenvalue weighted by Gasteiger charge is -2.36. The van der Waals surface area contributed by atoms with Crippen LogP contribution in [0.25, 0.3) is 10.9 Å². The molecule has 2 amide bonds. The minimum Gasteiger partial charge on any atom is -0.385 e. The monoisotopic (exact) mass is 361 g/mol. The molecule has 1 aliphatic heterocycles. The van der Waals surface area contributed by atoms with E-state index < -0.39 is 0 Å². The number of hydrogen-bond donors (Lipinski definition) is 1. The van der Waals surface area contributed by atoms with Gasteiger partial charge in [-0.3, -0.25) is 4.98 Å². The van der Waals surface area contributed by atoms with Crippen molar-refractivity contribution in [2.75, 3.05) is 25.6 Å². The molecule has 0 spiro atoms. The Balaban J connectivity index is 1.75. The van der Waals surface area contributed by atoms with E-state index in [1.807, 2.05) is 23.1 Å². The highest BCUT2D eigenvalue weighted by Gasteiger charge is 2.26. The van der Waals surface area contributed by atoms with Gasteiger partial charge in [-0.05, 0) is 56.4 Å². The average molecular weight is 362 g/mol. The minimum atomic E-state index is -0.0467. The second-order valence-corrected chi connectivity index (χ2v) is 6.81. The summed E-state index contributed by atoms with van der Waals surface area (Å²) in [6.45, 7) is 1.53. The number of methoxy groups -OCH3 is 1. The van der Waals surface area contributed by atoms with Crippen molar-refractivity contribution in [2.45, 2.75) is 38.1 Å². The molecule has 1 aliphatic rings. The van der Waals surface area contributed by atoms with Crippen molar-refractivity contribution in [1.82, 2.24) is 9.88 Å². The molecule has 1 fully saturated rings. The zero-order valence-electron chi connectivity index (χ0n) is 14.5. The van der Waals surface area contributed by atoms with Crippen molar-refractivity contribution < 1.29 is 9.53 Å². The fourth-order valence-electron chi connectivity index (χ4n) is 3.47. The first-order chi connectivity index (χ1) is 12.2. The number of fused-ring (bicyclic) bond motifs is 1. The normalized spacial score (nSPS) is 17.7. The number of nitrogens with zero attached hydrogens (tertiary/aromatic N) is 2. The number of likely N-dealkylation sites (tertiary alicyclic amines) is 1. The molecule has 0 unspecified atom stereocenters. The van der Waals surface area contributed by atoms with Gasteiger partial charge in [-0.1, -0.05) is 11.6 Å². The van der Waals surface area contributed by atoms with E-state index in [9.17, 15) is 4.79 Å². The van der Waals surface area contributed by atoms with E-state index in [4.69, 9.17) is 16.3 Å². The van der Waals surface area contributed by atoms with Gasteiger partial charge in [-0.15, -0.1) is 0 Å². The summed E-state index contributed by atoms with van der Waals surface area (Å²) >= 11 is 6.21. The highest BCUT2D eigenvalue weighted by molar-refractivity contribution is 6.35. The number of carbonyl (C=O) groups is 1. The van der Waals surface area contributed by atoms with E-state index in [1.54, 1.807) is 19.4 Å². The summed E-state index contributed by atoms with van der Waals surface area (Å²) in [6, 6.07) is 7.63. The lowest BCUT2D eigenvalue weighted by Crippen LogP contribution is -2.46. The predicted molar refractivity (Wildman–Crippen MR) is 101 cm³/mol. The molecule has 0 aliphatic carbocycles. The molecule has 0 saturated carbocycles. The summed E-state index contributed by atoms with van der Waals surface area (Å²) in [5.74, 6) is 0. The number of halogens is 1.